The van der Waals surface area contributed by atoms with Crippen LogP contribution in [0, 0.1) is 0 Å². The first-order chi connectivity index (χ1) is 16.3. The lowest BCUT2D eigenvalue weighted by Crippen LogP contribution is -2.17. The molecule has 5 rings (SSSR count). The van der Waals surface area contributed by atoms with Crippen LogP contribution in [0.3, 0.4) is 0 Å². The minimum Gasteiger partial charge on any atom is -0.493 e. The molecular formula is C26H21F3O5. The maximum atomic E-state index is 12.6. The van der Waals surface area contributed by atoms with Gasteiger partial charge in [0.15, 0.2) is 0 Å². The van der Waals surface area contributed by atoms with Crippen molar-refractivity contribution in [1.82, 2.24) is 0 Å². The first-order valence-electron chi connectivity index (χ1n) is 10.9. The Bertz CT molecular complexity index is 1220. The van der Waals surface area contributed by atoms with Gasteiger partial charge in [0.25, 0.3) is 0 Å². The number of hydrogen-bond acceptors (Lipinski definition) is 5. The summed E-state index contributed by atoms with van der Waals surface area (Å²) in [5.74, 6) is 0.0702. The first kappa shape index (κ1) is 22.3. The van der Waals surface area contributed by atoms with Gasteiger partial charge in [-0.15, -0.1) is 13.2 Å². The minimum absolute atomic E-state index is 0.182. The highest BCUT2D eigenvalue weighted by Gasteiger charge is 2.33. The molecule has 2 unspecified atom stereocenters. The van der Waals surface area contributed by atoms with Crippen molar-refractivity contribution in [3.05, 3.63) is 77.4 Å². The van der Waals surface area contributed by atoms with Gasteiger partial charge in [0.1, 0.15) is 17.2 Å². The van der Waals surface area contributed by atoms with Crippen molar-refractivity contribution >= 4 is 5.97 Å². The minimum atomic E-state index is -4.75. The molecule has 1 aliphatic heterocycles. The molecule has 5 nitrogen and oxygen atoms in total. The predicted octanol–water partition coefficient (Wildman–Crippen LogP) is 6.10. The van der Waals surface area contributed by atoms with Gasteiger partial charge in [-0.05, 0) is 70.8 Å². The number of alkyl halides is 3. The third-order valence-corrected chi connectivity index (χ3v) is 5.91. The van der Waals surface area contributed by atoms with E-state index in [1.165, 1.54) is 12.1 Å². The van der Waals surface area contributed by atoms with Crippen LogP contribution in [0.1, 0.15) is 40.7 Å². The normalized spacial score (nSPS) is 18.1. The number of carbonyl (C=O) groups is 1. The molecule has 0 aromatic heterocycles. The zero-order valence-corrected chi connectivity index (χ0v) is 18.2. The second kappa shape index (κ2) is 8.68. The van der Waals surface area contributed by atoms with E-state index in [1.54, 1.807) is 42.5 Å². The van der Waals surface area contributed by atoms with E-state index in [0.717, 1.165) is 35.3 Å². The second-order valence-corrected chi connectivity index (χ2v) is 8.27. The van der Waals surface area contributed by atoms with Gasteiger partial charge in [-0.2, -0.15) is 0 Å². The van der Waals surface area contributed by atoms with Gasteiger partial charge in [0, 0.05) is 12.3 Å². The average Bonchev–Trinajstić information content (AvgIpc) is 3.58. The van der Waals surface area contributed by atoms with Gasteiger partial charge >= 0.3 is 12.3 Å². The van der Waals surface area contributed by atoms with Crippen LogP contribution in [0.5, 0.6) is 17.2 Å². The maximum absolute atomic E-state index is 12.6. The van der Waals surface area contributed by atoms with E-state index in [1.807, 2.05) is 13.0 Å². The highest BCUT2D eigenvalue weighted by molar-refractivity contribution is 5.91. The van der Waals surface area contributed by atoms with Gasteiger partial charge < -0.3 is 18.9 Å². The largest absolute Gasteiger partial charge is 0.573 e. The Labute approximate surface area is 194 Å². The van der Waals surface area contributed by atoms with Gasteiger partial charge in [-0.25, -0.2) is 4.79 Å². The Morgan fingerprint density at radius 3 is 2.15 bits per heavy atom. The number of halogens is 3. The number of epoxide rings is 1. The fourth-order valence-corrected chi connectivity index (χ4v) is 4.11. The number of carbonyl (C=O) groups excluding carboxylic acids is 1. The van der Waals surface area contributed by atoms with Crippen LogP contribution in [0.15, 0.2) is 60.7 Å². The molecular weight excluding hydrogens is 449 g/mol. The number of fused-ring (bicyclic) bond motifs is 3. The van der Waals surface area contributed by atoms with E-state index in [0.29, 0.717) is 29.8 Å². The Morgan fingerprint density at radius 1 is 0.941 bits per heavy atom. The molecule has 0 N–H and O–H groups in total. The molecule has 176 valence electrons. The predicted molar refractivity (Wildman–Crippen MR) is 117 cm³/mol. The van der Waals surface area contributed by atoms with Crippen LogP contribution >= 0.6 is 0 Å². The lowest BCUT2D eigenvalue weighted by molar-refractivity contribution is -0.274. The summed E-state index contributed by atoms with van der Waals surface area (Å²) in [7, 11) is 0. The Hall–Kier alpha value is -3.52. The summed E-state index contributed by atoms with van der Waals surface area (Å²) >= 11 is 0. The number of hydrogen-bond donors (Lipinski definition) is 0. The van der Waals surface area contributed by atoms with Crippen LogP contribution in [-0.4, -0.2) is 31.6 Å². The molecule has 1 aliphatic carbocycles. The van der Waals surface area contributed by atoms with Crippen LogP contribution in [0.2, 0.25) is 0 Å². The lowest BCUT2D eigenvalue weighted by Gasteiger charge is -2.12. The molecule has 8 heteroatoms. The summed E-state index contributed by atoms with van der Waals surface area (Å²) in [6.45, 7) is 3.23. The van der Waals surface area contributed by atoms with Gasteiger partial charge in [0.2, 0.25) is 0 Å². The summed E-state index contributed by atoms with van der Waals surface area (Å²) in [6.07, 6.45) is -3.62. The Kier molecular flexibility index (Phi) is 5.69. The van der Waals surface area contributed by atoms with Crippen molar-refractivity contribution in [2.24, 2.45) is 0 Å². The van der Waals surface area contributed by atoms with E-state index < -0.39 is 12.3 Å². The SMILES string of the molecule is CC1c2cc(OC(=O)c3ccc(OCCC4CO4)cc3)ccc2-c2ccc(OC(F)(F)F)cc21. The summed E-state index contributed by atoms with van der Waals surface area (Å²) in [5.41, 5.74) is 3.69. The molecule has 3 aromatic rings. The maximum Gasteiger partial charge on any atom is 0.573 e. The average molecular weight is 470 g/mol. The quantitative estimate of drug-likeness (QED) is 0.237. The van der Waals surface area contributed by atoms with Gasteiger partial charge in [0.05, 0.1) is 24.9 Å². The molecule has 0 saturated carbocycles. The van der Waals surface area contributed by atoms with E-state index in [4.69, 9.17) is 14.2 Å². The number of ether oxygens (including phenoxy) is 4. The topological polar surface area (TPSA) is 57.3 Å². The summed E-state index contributed by atoms with van der Waals surface area (Å²) < 4.78 is 58.2. The Balaban J connectivity index is 1.26. The van der Waals surface area contributed by atoms with Crippen LogP contribution in [0.25, 0.3) is 11.1 Å². The fraction of sp³-hybridized carbons (Fsp3) is 0.269. The van der Waals surface area contributed by atoms with E-state index >= 15 is 0 Å². The number of benzene rings is 3. The molecule has 1 fully saturated rings. The van der Waals surface area contributed by atoms with E-state index in [-0.39, 0.29) is 11.7 Å². The zero-order valence-electron chi connectivity index (χ0n) is 18.2. The highest BCUT2D eigenvalue weighted by atomic mass is 19.4. The van der Waals surface area contributed by atoms with Gasteiger partial charge in [-0.1, -0.05) is 19.1 Å². The molecule has 0 spiro atoms. The standard InChI is InChI=1S/C26H21F3O5/c1-15-23-12-18(6-8-21(23)22-9-7-19(13-24(15)22)34-26(27,28)29)33-25(30)16-2-4-17(5-3-16)31-11-10-20-14-32-20/h2-9,12-13,15,20H,10-11,14H2,1H3. The van der Waals surface area contributed by atoms with Crippen molar-refractivity contribution in [3.8, 4) is 28.4 Å². The van der Waals surface area contributed by atoms with Gasteiger partial charge in [-0.3, -0.25) is 0 Å². The van der Waals surface area contributed by atoms with Crippen LogP contribution in [-0.2, 0) is 4.74 Å². The van der Waals surface area contributed by atoms with Crippen molar-refractivity contribution in [1.29, 1.82) is 0 Å². The molecule has 0 radical (unpaired) electrons. The molecule has 0 amide bonds. The highest BCUT2D eigenvalue weighted by Crippen LogP contribution is 2.47. The third kappa shape index (κ3) is 4.87. The van der Waals surface area contributed by atoms with Crippen molar-refractivity contribution in [2.75, 3.05) is 13.2 Å². The number of rotatable bonds is 7. The number of esters is 1. The van der Waals surface area contributed by atoms with Crippen molar-refractivity contribution < 1.29 is 36.9 Å². The Morgan fingerprint density at radius 2 is 1.53 bits per heavy atom. The molecule has 1 saturated heterocycles. The summed E-state index contributed by atoms with van der Waals surface area (Å²) in [6, 6.07) is 16.3. The van der Waals surface area contributed by atoms with Crippen molar-refractivity contribution in [2.45, 2.75) is 31.7 Å². The van der Waals surface area contributed by atoms with Crippen LogP contribution < -0.4 is 14.2 Å². The molecule has 0 bridgehead atoms. The second-order valence-electron chi connectivity index (χ2n) is 8.27. The summed E-state index contributed by atoms with van der Waals surface area (Å²) in [5, 5.41) is 0. The fourth-order valence-electron chi connectivity index (χ4n) is 4.11. The lowest BCUT2D eigenvalue weighted by atomic mass is 9.99. The molecule has 2 atom stereocenters. The van der Waals surface area contributed by atoms with Crippen LogP contribution in [0.4, 0.5) is 13.2 Å². The van der Waals surface area contributed by atoms with Crippen molar-refractivity contribution in [3.63, 3.8) is 0 Å². The molecule has 2 aliphatic rings. The zero-order chi connectivity index (χ0) is 23.9. The smallest absolute Gasteiger partial charge is 0.493 e. The van der Waals surface area contributed by atoms with E-state index in [9.17, 15) is 18.0 Å². The molecule has 34 heavy (non-hydrogen) atoms. The first-order valence-corrected chi connectivity index (χ1v) is 10.9. The third-order valence-electron chi connectivity index (χ3n) is 5.91. The molecule has 3 aromatic carbocycles. The molecule has 1 heterocycles. The van der Waals surface area contributed by atoms with E-state index in [2.05, 4.69) is 4.74 Å². The monoisotopic (exact) mass is 470 g/mol. The summed E-state index contributed by atoms with van der Waals surface area (Å²) in [4.78, 5) is 12.6.